The molecule has 0 atom stereocenters. The van der Waals surface area contributed by atoms with Gasteiger partial charge in [-0.05, 0) is 25.0 Å². The van der Waals surface area contributed by atoms with E-state index in [0.29, 0.717) is 5.76 Å². The van der Waals surface area contributed by atoms with Crippen LogP contribution in [0.1, 0.15) is 23.4 Å². The average Bonchev–Trinajstić information content (AvgIpc) is 3.11. The summed E-state index contributed by atoms with van der Waals surface area (Å²) in [5, 5.41) is 0. The molecule has 0 spiro atoms. The molecule has 2 aliphatic rings. The van der Waals surface area contributed by atoms with Crippen molar-refractivity contribution >= 4 is 5.91 Å². The van der Waals surface area contributed by atoms with E-state index in [2.05, 4.69) is 4.90 Å². The highest BCUT2D eigenvalue weighted by atomic mass is 16.5. The highest BCUT2D eigenvalue weighted by Gasteiger charge is 2.28. The summed E-state index contributed by atoms with van der Waals surface area (Å²) in [6.07, 6.45) is 3.35. The number of nitrogens with zero attached hydrogens (tertiary/aromatic N) is 2. The molecule has 3 heterocycles. The molecule has 2 fully saturated rings. The van der Waals surface area contributed by atoms with Gasteiger partial charge in [-0.1, -0.05) is 0 Å². The van der Waals surface area contributed by atoms with Crippen LogP contribution in [-0.2, 0) is 9.47 Å². The van der Waals surface area contributed by atoms with Gasteiger partial charge in [0.05, 0.1) is 19.5 Å². The number of hydrogen-bond donors (Lipinski definition) is 0. The Morgan fingerprint density at radius 1 is 1.18 bits per heavy atom. The fraction of sp³-hybridized carbons (Fsp3) is 0.688. The zero-order valence-electron chi connectivity index (χ0n) is 12.9. The van der Waals surface area contributed by atoms with Gasteiger partial charge in [0, 0.05) is 45.4 Å². The van der Waals surface area contributed by atoms with Crippen LogP contribution in [0.25, 0.3) is 0 Å². The lowest BCUT2D eigenvalue weighted by atomic mass is 10.1. The molecule has 3 rings (SSSR count). The smallest absolute Gasteiger partial charge is 0.289 e. The number of rotatable bonds is 5. The molecule has 0 bridgehead atoms. The van der Waals surface area contributed by atoms with Crippen LogP contribution in [0.15, 0.2) is 22.8 Å². The molecule has 122 valence electrons. The number of ether oxygens (including phenoxy) is 2. The molecule has 6 heteroatoms. The monoisotopic (exact) mass is 308 g/mol. The standard InChI is InChI=1S/C16H24N2O4/c19-16(15-2-1-9-22-15)18(14-3-10-20-11-4-14)6-5-17-7-12-21-13-8-17/h1-2,9,14H,3-8,10-13H2. The third kappa shape index (κ3) is 3.88. The highest BCUT2D eigenvalue weighted by Crippen LogP contribution is 2.18. The normalized spacial score (nSPS) is 20.9. The second kappa shape index (κ2) is 7.76. The van der Waals surface area contributed by atoms with Crippen molar-refractivity contribution in [2.24, 2.45) is 0 Å². The molecule has 0 aromatic carbocycles. The molecule has 0 radical (unpaired) electrons. The first-order valence-corrected chi connectivity index (χ1v) is 8.07. The van der Waals surface area contributed by atoms with E-state index in [9.17, 15) is 4.79 Å². The molecular weight excluding hydrogens is 284 g/mol. The Labute approximate surface area is 131 Å². The van der Waals surface area contributed by atoms with Gasteiger partial charge in [0.1, 0.15) is 0 Å². The van der Waals surface area contributed by atoms with Crippen molar-refractivity contribution in [3.63, 3.8) is 0 Å². The average molecular weight is 308 g/mol. The van der Waals surface area contributed by atoms with Crippen molar-refractivity contribution in [2.45, 2.75) is 18.9 Å². The van der Waals surface area contributed by atoms with Gasteiger partial charge in [0.25, 0.3) is 5.91 Å². The van der Waals surface area contributed by atoms with Crippen molar-refractivity contribution < 1.29 is 18.7 Å². The van der Waals surface area contributed by atoms with Gasteiger partial charge in [-0.25, -0.2) is 0 Å². The Morgan fingerprint density at radius 3 is 2.59 bits per heavy atom. The van der Waals surface area contributed by atoms with E-state index >= 15 is 0 Å². The minimum Gasteiger partial charge on any atom is -0.459 e. The summed E-state index contributed by atoms with van der Waals surface area (Å²) in [5.41, 5.74) is 0. The fourth-order valence-corrected chi connectivity index (χ4v) is 3.06. The predicted molar refractivity (Wildman–Crippen MR) is 80.8 cm³/mol. The van der Waals surface area contributed by atoms with E-state index < -0.39 is 0 Å². The van der Waals surface area contributed by atoms with E-state index in [1.807, 2.05) is 4.90 Å². The fourth-order valence-electron chi connectivity index (χ4n) is 3.06. The van der Waals surface area contributed by atoms with Crippen LogP contribution in [0.3, 0.4) is 0 Å². The second-order valence-corrected chi connectivity index (χ2v) is 5.77. The topological polar surface area (TPSA) is 55.2 Å². The van der Waals surface area contributed by atoms with Crippen LogP contribution < -0.4 is 0 Å². The summed E-state index contributed by atoms with van der Waals surface area (Å²) in [4.78, 5) is 17.0. The summed E-state index contributed by atoms with van der Waals surface area (Å²) in [6.45, 7) is 6.51. The summed E-state index contributed by atoms with van der Waals surface area (Å²) in [7, 11) is 0. The summed E-state index contributed by atoms with van der Waals surface area (Å²) in [6, 6.07) is 3.74. The maximum absolute atomic E-state index is 12.7. The molecule has 1 aromatic rings. The van der Waals surface area contributed by atoms with Gasteiger partial charge in [0.15, 0.2) is 5.76 Å². The summed E-state index contributed by atoms with van der Waals surface area (Å²) in [5.74, 6) is 0.415. The third-order valence-corrected chi connectivity index (χ3v) is 4.39. The van der Waals surface area contributed by atoms with E-state index in [4.69, 9.17) is 13.9 Å². The molecule has 0 aliphatic carbocycles. The van der Waals surface area contributed by atoms with Gasteiger partial charge < -0.3 is 18.8 Å². The van der Waals surface area contributed by atoms with Gasteiger partial charge in [0.2, 0.25) is 0 Å². The van der Waals surface area contributed by atoms with Crippen LogP contribution in [0.5, 0.6) is 0 Å². The van der Waals surface area contributed by atoms with Gasteiger partial charge in [-0.2, -0.15) is 0 Å². The van der Waals surface area contributed by atoms with E-state index in [1.165, 1.54) is 0 Å². The number of furan rings is 1. The molecule has 1 amide bonds. The zero-order valence-corrected chi connectivity index (χ0v) is 12.9. The lowest BCUT2D eigenvalue weighted by Gasteiger charge is -2.36. The highest BCUT2D eigenvalue weighted by molar-refractivity contribution is 5.91. The Balaban J connectivity index is 1.63. The lowest BCUT2D eigenvalue weighted by Crippen LogP contribution is -2.48. The molecule has 2 saturated heterocycles. The molecule has 6 nitrogen and oxygen atoms in total. The number of hydrogen-bond acceptors (Lipinski definition) is 5. The van der Waals surface area contributed by atoms with Gasteiger partial charge in [-0.15, -0.1) is 0 Å². The number of carbonyl (C=O) groups is 1. The molecule has 0 saturated carbocycles. The first kappa shape index (κ1) is 15.5. The van der Waals surface area contributed by atoms with Crippen LogP contribution in [0.4, 0.5) is 0 Å². The Bertz CT molecular complexity index is 451. The Kier molecular flexibility index (Phi) is 5.48. The number of carbonyl (C=O) groups excluding carboxylic acids is 1. The van der Waals surface area contributed by atoms with Gasteiger partial charge >= 0.3 is 0 Å². The summed E-state index contributed by atoms with van der Waals surface area (Å²) < 4.78 is 16.1. The Hall–Kier alpha value is -1.37. The first-order chi connectivity index (χ1) is 10.8. The van der Waals surface area contributed by atoms with Gasteiger partial charge in [-0.3, -0.25) is 9.69 Å². The lowest BCUT2D eigenvalue weighted by molar-refractivity contribution is 0.0130. The Morgan fingerprint density at radius 2 is 1.91 bits per heavy atom. The van der Waals surface area contributed by atoms with Crippen molar-refractivity contribution in [2.75, 3.05) is 52.6 Å². The van der Waals surface area contributed by atoms with E-state index in [-0.39, 0.29) is 11.9 Å². The largest absolute Gasteiger partial charge is 0.459 e. The van der Waals surface area contributed by atoms with Crippen molar-refractivity contribution in [3.05, 3.63) is 24.2 Å². The first-order valence-electron chi connectivity index (χ1n) is 8.07. The van der Waals surface area contributed by atoms with Crippen LogP contribution >= 0.6 is 0 Å². The van der Waals surface area contributed by atoms with Crippen molar-refractivity contribution in [3.8, 4) is 0 Å². The zero-order chi connectivity index (χ0) is 15.2. The van der Waals surface area contributed by atoms with Crippen molar-refractivity contribution in [1.82, 2.24) is 9.80 Å². The van der Waals surface area contributed by atoms with Crippen LogP contribution in [-0.4, -0.2) is 74.4 Å². The number of amides is 1. The minimum atomic E-state index is -0.00911. The van der Waals surface area contributed by atoms with E-state index in [1.54, 1.807) is 18.4 Å². The minimum absolute atomic E-state index is 0.00911. The van der Waals surface area contributed by atoms with Crippen LogP contribution in [0.2, 0.25) is 0 Å². The quantitative estimate of drug-likeness (QED) is 0.819. The summed E-state index contributed by atoms with van der Waals surface area (Å²) >= 11 is 0. The predicted octanol–water partition coefficient (Wildman–Crippen LogP) is 1.23. The van der Waals surface area contributed by atoms with Crippen LogP contribution in [0, 0.1) is 0 Å². The molecular formula is C16H24N2O4. The molecule has 22 heavy (non-hydrogen) atoms. The molecule has 2 aliphatic heterocycles. The number of morpholine rings is 1. The molecule has 0 N–H and O–H groups in total. The molecule has 1 aromatic heterocycles. The second-order valence-electron chi connectivity index (χ2n) is 5.77. The van der Waals surface area contributed by atoms with E-state index in [0.717, 1.165) is 65.4 Å². The third-order valence-electron chi connectivity index (χ3n) is 4.39. The molecule has 0 unspecified atom stereocenters. The SMILES string of the molecule is O=C(c1ccco1)N(CCN1CCOCC1)C1CCOCC1. The maximum atomic E-state index is 12.7. The van der Waals surface area contributed by atoms with Crippen molar-refractivity contribution in [1.29, 1.82) is 0 Å². The maximum Gasteiger partial charge on any atom is 0.289 e.